The number of para-hydroxylation sites is 2. The maximum absolute atomic E-state index is 12.6. The highest BCUT2D eigenvalue weighted by molar-refractivity contribution is 5.88. The zero-order valence-electron chi connectivity index (χ0n) is 14.8. The van der Waals surface area contributed by atoms with Crippen molar-refractivity contribution in [3.8, 4) is 0 Å². The van der Waals surface area contributed by atoms with E-state index in [-0.39, 0.29) is 11.9 Å². The van der Waals surface area contributed by atoms with E-state index >= 15 is 0 Å². The molecule has 0 radical (unpaired) electrons. The van der Waals surface area contributed by atoms with Crippen molar-refractivity contribution in [2.45, 2.75) is 18.9 Å². The molecule has 5 rings (SSSR count). The van der Waals surface area contributed by atoms with Gasteiger partial charge in [0.2, 0.25) is 5.91 Å². The zero-order valence-corrected chi connectivity index (χ0v) is 14.8. The van der Waals surface area contributed by atoms with E-state index in [4.69, 9.17) is 0 Å². The molecule has 2 aromatic heterocycles. The number of carbonyl (C=O) groups excluding carboxylic acids is 1. The van der Waals surface area contributed by atoms with Crippen molar-refractivity contribution in [2.75, 3.05) is 0 Å². The Morgan fingerprint density at radius 2 is 1.44 bits per heavy atom. The van der Waals surface area contributed by atoms with Crippen LogP contribution in [0.4, 0.5) is 0 Å². The summed E-state index contributed by atoms with van der Waals surface area (Å²) in [6, 6.07) is 16.1. The topological polar surface area (TPSA) is 72.7 Å². The Hall–Kier alpha value is -3.47. The SMILES string of the molecule is O=C1NC(Cc2c[nH]c3ccccc23)=CNC1Cc1c[nH]c2ccccc12. The number of nitrogens with one attached hydrogen (secondary N) is 4. The van der Waals surface area contributed by atoms with Gasteiger partial charge in [-0.1, -0.05) is 36.4 Å². The van der Waals surface area contributed by atoms with Gasteiger partial charge < -0.3 is 20.6 Å². The monoisotopic (exact) mass is 356 g/mol. The van der Waals surface area contributed by atoms with Crippen molar-refractivity contribution >= 4 is 27.7 Å². The summed E-state index contributed by atoms with van der Waals surface area (Å²) in [7, 11) is 0. The molecule has 4 N–H and O–H groups in total. The number of carbonyl (C=O) groups is 1. The van der Waals surface area contributed by atoms with Crippen LogP contribution in [0.5, 0.6) is 0 Å². The summed E-state index contributed by atoms with van der Waals surface area (Å²) in [6.45, 7) is 0. The average molecular weight is 356 g/mol. The molecule has 0 fully saturated rings. The van der Waals surface area contributed by atoms with Gasteiger partial charge in [-0.15, -0.1) is 0 Å². The van der Waals surface area contributed by atoms with Gasteiger partial charge in [-0.25, -0.2) is 0 Å². The number of hydrogen-bond donors (Lipinski definition) is 4. The van der Waals surface area contributed by atoms with Crippen LogP contribution in [0.2, 0.25) is 0 Å². The molecule has 0 spiro atoms. The first-order chi connectivity index (χ1) is 13.3. The number of benzene rings is 2. The summed E-state index contributed by atoms with van der Waals surface area (Å²) in [5, 5.41) is 8.71. The third-order valence-corrected chi connectivity index (χ3v) is 5.21. The second-order valence-electron chi connectivity index (χ2n) is 6.98. The predicted molar refractivity (Wildman–Crippen MR) is 107 cm³/mol. The van der Waals surface area contributed by atoms with Gasteiger partial charge >= 0.3 is 0 Å². The largest absolute Gasteiger partial charge is 0.378 e. The lowest BCUT2D eigenvalue weighted by Gasteiger charge is -2.24. The molecule has 1 aliphatic rings. The minimum atomic E-state index is -0.268. The first kappa shape index (κ1) is 15.8. The number of rotatable bonds is 4. The van der Waals surface area contributed by atoms with Crippen LogP contribution in [-0.4, -0.2) is 21.9 Å². The number of amides is 1. The number of H-pyrrole nitrogens is 2. The summed E-state index contributed by atoms with van der Waals surface area (Å²) in [5.41, 5.74) is 5.42. The molecule has 1 unspecified atom stereocenters. The van der Waals surface area contributed by atoms with E-state index in [0.717, 1.165) is 22.3 Å². The lowest BCUT2D eigenvalue weighted by atomic mass is 10.0. The molecular weight excluding hydrogens is 336 g/mol. The predicted octanol–water partition coefficient (Wildman–Crippen LogP) is 3.36. The molecule has 0 saturated heterocycles. The molecule has 0 aliphatic carbocycles. The molecule has 3 heterocycles. The highest BCUT2D eigenvalue weighted by Crippen LogP contribution is 2.22. The second kappa shape index (κ2) is 6.36. The average Bonchev–Trinajstić information content (AvgIpc) is 3.29. The Bertz CT molecular complexity index is 1170. The third-order valence-electron chi connectivity index (χ3n) is 5.21. The van der Waals surface area contributed by atoms with E-state index in [1.165, 1.54) is 16.3 Å². The van der Waals surface area contributed by atoms with Gasteiger partial charge in [0.15, 0.2) is 0 Å². The van der Waals surface area contributed by atoms with Gasteiger partial charge in [0.1, 0.15) is 6.04 Å². The van der Waals surface area contributed by atoms with Crippen LogP contribution in [0.15, 0.2) is 72.8 Å². The second-order valence-corrected chi connectivity index (χ2v) is 6.98. The molecule has 1 amide bonds. The Morgan fingerprint density at radius 1 is 0.815 bits per heavy atom. The smallest absolute Gasteiger partial charge is 0.247 e. The van der Waals surface area contributed by atoms with Crippen molar-refractivity contribution in [1.29, 1.82) is 0 Å². The van der Waals surface area contributed by atoms with Crippen molar-refractivity contribution < 1.29 is 4.79 Å². The molecular formula is C22H20N4O. The van der Waals surface area contributed by atoms with Crippen LogP contribution in [-0.2, 0) is 17.6 Å². The minimum Gasteiger partial charge on any atom is -0.378 e. The van der Waals surface area contributed by atoms with E-state index in [1.807, 2.05) is 48.9 Å². The Kier molecular flexibility index (Phi) is 3.71. The summed E-state index contributed by atoms with van der Waals surface area (Å²) in [4.78, 5) is 19.2. The molecule has 0 saturated carbocycles. The molecule has 0 bridgehead atoms. The summed E-state index contributed by atoms with van der Waals surface area (Å²) < 4.78 is 0. The van der Waals surface area contributed by atoms with Crippen molar-refractivity contribution in [3.63, 3.8) is 0 Å². The van der Waals surface area contributed by atoms with Crippen molar-refractivity contribution in [3.05, 3.63) is 83.9 Å². The van der Waals surface area contributed by atoms with Gasteiger partial charge in [0.25, 0.3) is 0 Å². The maximum Gasteiger partial charge on any atom is 0.247 e. The van der Waals surface area contributed by atoms with Gasteiger partial charge in [0.05, 0.1) is 0 Å². The van der Waals surface area contributed by atoms with Gasteiger partial charge in [0, 0.05) is 58.9 Å². The number of allylic oxidation sites excluding steroid dienone is 1. The maximum atomic E-state index is 12.6. The highest BCUT2D eigenvalue weighted by atomic mass is 16.2. The first-order valence-electron chi connectivity index (χ1n) is 9.14. The van der Waals surface area contributed by atoms with Crippen LogP contribution in [0.3, 0.4) is 0 Å². The van der Waals surface area contributed by atoms with Crippen LogP contribution in [0, 0.1) is 0 Å². The van der Waals surface area contributed by atoms with Crippen molar-refractivity contribution in [2.24, 2.45) is 0 Å². The normalized spacial score (nSPS) is 17.0. The van der Waals surface area contributed by atoms with Crippen LogP contribution >= 0.6 is 0 Å². The number of aromatic amines is 2. The molecule has 1 atom stereocenters. The van der Waals surface area contributed by atoms with Crippen LogP contribution < -0.4 is 10.6 Å². The quantitative estimate of drug-likeness (QED) is 0.453. The standard InChI is InChI=1S/C22H20N4O/c27-22-21(10-15-12-24-20-8-4-2-6-18(15)20)25-13-16(26-22)9-14-11-23-19-7-3-1-5-17(14)19/h1-8,11-13,21,23-25H,9-10H2,(H,26,27). The Labute approximate surface area is 156 Å². The van der Waals surface area contributed by atoms with Crippen LogP contribution in [0.25, 0.3) is 21.8 Å². The molecule has 4 aromatic rings. The fraction of sp³-hybridized carbons (Fsp3) is 0.136. The molecule has 5 nitrogen and oxygen atoms in total. The van der Waals surface area contributed by atoms with Gasteiger partial charge in [-0.3, -0.25) is 4.79 Å². The minimum absolute atomic E-state index is 0.0117. The summed E-state index contributed by atoms with van der Waals surface area (Å²) in [6.07, 6.45) is 7.26. The summed E-state index contributed by atoms with van der Waals surface area (Å²) in [5.74, 6) is 0.0117. The Balaban J connectivity index is 1.33. The van der Waals surface area contributed by atoms with E-state index in [9.17, 15) is 4.79 Å². The lowest BCUT2D eigenvalue weighted by Crippen LogP contribution is -2.47. The lowest BCUT2D eigenvalue weighted by molar-refractivity contribution is -0.122. The Morgan fingerprint density at radius 3 is 2.15 bits per heavy atom. The molecule has 5 heteroatoms. The van der Waals surface area contributed by atoms with E-state index < -0.39 is 0 Å². The van der Waals surface area contributed by atoms with E-state index in [1.54, 1.807) is 0 Å². The number of aromatic nitrogens is 2. The number of fused-ring (bicyclic) bond motifs is 2. The fourth-order valence-electron chi connectivity index (χ4n) is 3.81. The third kappa shape index (κ3) is 2.87. The fourth-order valence-corrected chi connectivity index (χ4v) is 3.81. The van der Waals surface area contributed by atoms with Crippen LogP contribution in [0.1, 0.15) is 11.1 Å². The first-order valence-corrected chi connectivity index (χ1v) is 9.14. The van der Waals surface area contributed by atoms with E-state index in [2.05, 4.69) is 38.8 Å². The van der Waals surface area contributed by atoms with Gasteiger partial charge in [-0.05, 0) is 23.3 Å². The van der Waals surface area contributed by atoms with Crippen molar-refractivity contribution in [1.82, 2.24) is 20.6 Å². The molecule has 2 aromatic carbocycles. The summed E-state index contributed by atoms with van der Waals surface area (Å²) >= 11 is 0. The van der Waals surface area contributed by atoms with E-state index in [0.29, 0.717) is 12.8 Å². The zero-order chi connectivity index (χ0) is 18.2. The highest BCUT2D eigenvalue weighted by Gasteiger charge is 2.24. The molecule has 1 aliphatic heterocycles. The van der Waals surface area contributed by atoms with Gasteiger partial charge in [-0.2, -0.15) is 0 Å². The molecule has 27 heavy (non-hydrogen) atoms. The number of hydrogen-bond acceptors (Lipinski definition) is 2. The molecule has 134 valence electrons.